The minimum atomic E-state index is -4.47. The summed E-state index contributed by atoms with van der Waals surface area (Å²) in [7, 11) is 0. The van der Waals surface area contributed by atoms with E-state index in [4.69, 9.17) is 4.42 Å². The smallest absolute Gasteiger partial charge is 0.416 e. The molecule has 26 heavy (non-hydrogen) atoms. The highest BCUT2D eigenvalue weighted by Gasteiger charge is 2.31. The van der Waals surface area contributed by atoms with E-state index in [-0.39, 0.29) is 18.2 Å². The van der Waals surface area contributed by atoms with E-state index in [9.17, 15) is 18.0 Å². The Hall–Kier alpha value is -2.28. The van der Waals surface area contributed by atoms with Crippen molar-refractivity contribution in [3.8, 4) is 0 Å². The molecule has 0 saturated carbocycles. The van der Waals surface area contributed by atoms with Crippen molar-refractivity contribution in [2.45, 2.75) is 31.5 Å². The predicted molar refractivity (Wildman–Crippen MR) is 90.7 cm³/mol. The average molecular weight is 366 g/mol. The van der Waals surface area contributed by atoms with Crippen molar-refractivity contribution in [2.75, 3.05) is 19.6 Å². The summed E-state index contributed by atoms with van der Waals surface area (Å²) in [6.07, 6.45) is 0.456. The van der Waals surface area contributed by atoms with Crippen LogP contribution in [0, 0.1) is 0 Å². The molecule has 0 aliphatic carbocycles. The minimum absolute atomic E-state index is 0.00309. The number of carbonyl (C=O) groups is 1. The molecule has 4 nitrogen and oxygen atoms in total. The number of nitrogens with zero attached hydrogens (tertiary/aromatic N) is 1. The highest BCUT2D eigenvalue weighted by molar-refractivity contribution is 5.94. The number of hydrogen-bond acceptors (Lipinski definition) is 3. The molecule has 1 fully saturated rings. The molecule has 1 aromatic heterocycles. The maximum Gasteiger partial charge on any atom is 0.416 e. The molecule has 0 spiro atoms. The largest absolute Gasteiger partial charge is 0.468 e. The lowest BCUT2D eigenvalue weighted by Crippen LogP contribution is -2.40. The molecule has 0 bridgehead atoms. The fourth-order valence-corrected chi connectivity index (χ4v) is 3.25. The number of nitrogens with one attached hydrogen (secondary N) is 1. The van der Waals surface area contributed by atoms with Crippen molar-refractivity contribution in [1.82, 2.24) is 10.2 Å². The number of carbonyl (C=O) groups excluding carboxylic acids is 1. The fourth-order valence-electron chi connectivity index (χ4n) is 3.25. The zero-order valence-electron chi connectivity index (χ0n) is 14.3. The molecule has 0 unspecified atom stereocenters. The van der Waals surface area contributed by atoms with E-state index in [1.54, 1.807) is 12.3 Å². The van der Waals surface area contributed by atoms with Gasteiger partial charge < -0.3 is 9.73 Å². The Morgan fingerprint density at radius 3 is 2.58 bits per heavy atom. The minimum Gasteiger partial charge on any atom is -0.468 e. The molecule has 1 aliphatic heterocycles. The summed E-state index contributed by atoms with van der Waals surface area (Å²) >= 11 is 0. The molecule has 1 aliphatic rings. The summed E-state index contributed by atoms with van der Waals surface area (Å²) in [6.45, 7) is 2.10. The molecule has 1 saturated heterocycles. The third-order valence-electron chi connectivity index (χ3n) is 4.61. The molecule has 140 valence electrons. The Balaban J connectivity index is 1.70. The van der Waals surface area contributed by atoms with Crippen LogP contribution in [0.4, 0.5) is 13.2 Å². The van der Waals surface area contributed by atoms with Crippen molar-refractivity contribution in [3.63, 3.8) is 0 Å². The van der Waals surface area contributed by atoms with Crippen LogP contribution in [0.5, 0.6) is 0 Å². The van der Waals surface area contributed by atoms with Gasteiger partial charge in [-0.15, -0.1) is 0 Å². The van der Waals surface area contributed by atoms with Crippen LogP contribution in [-0.4, -0.2) is 30.4 Å². The highest BCUT2D eigenvalue weighted by atomic mass is 19.4. The van der Waals surface area contributed by atoms with Gasteiger partial charge in [-0.1, -0.05) is 12.5 Å². The van der Waals surface area contributed by atoms with Crippen LogP contribution >= 0.6 is 0 Å². The number of amides is 1. The lowest BCUT2D eigenvalue weighted by Gasteiger charge is -2.33. The van der Waals surface area contributed by atoms with Crippen LogP contribution in [0.3, 0.4) is 0 Å². The summed E-state index contributed by atoms with van der Waals surface area (Å²) < 4.78 is 44.0. The van der Waals surface area contributed by atoms with Gasteiger partial charge in [-0.05, 0) is 56.3 Å². The Labute approximate surface area is 150 Å². The molecule has 2 heterocycles. The van der Waals surface area contributed by atoms with E-state index in [2.05, 4.69) is 10.2 Å². The molecular weight excluding hydrogens is 345 g/mol. The van der Waals surface area contributed by atoms with Gasteiger partial charge in [0.05, 0.1) is 17.9 Å². The molecular formula is C19H21F3N2O2. The van der Waals surface area contributed by atoms with Gasteiger partial charge in [-0.25, -0.2) is 0 Å². The van der Waals surface area contributed by atoms with E-state index in [0.29, 0.717) is 0 Å². The van der Waals surface area contributed by atoms with Crippen molar-refractivity contribution in [1.29, 1.82) is 0 Å². The number of piperidine rings is 1. The van der Waals surface area contributed by atoms with Crippen molar-refractivity contribution < 1.29 is 22.4 Å². The topological polar surface area (TPSA) is 45.5 Å². The summed E-state index contributed by atoms with van der Waals surface area (Å²) in [5, 5.41) is 2.76. The van der Waals surface area contributed by atoms with Gasteiger partial charge in [-0.2, -0.15) is 13.2 Å². The van der Waals surface area contributed by atoms with Gasteiger partial charge in [0.25, 0.3) is 5.91 Å². The quantitative estimate of drug-likeness (QED) is 0.860. The van der Waals surface area contributed by atoms with Gasteiger partial charge in [0.1, 0.15) is 5.76 Å². The summed E-state index contributed by atoms with van der Waals surface area (Å²) in [5.41, 5.74) is -0.833. The number of halogens is 3. The predicted octanol–water partition coefficient (Wildman–Crippen LogP) is 4.26. The molecule has 1 N–H and O–H groups in total. The second kappa shape index (κ2) is 7.95. The first-order chi connectivity index (χ1) is 12.4. The summed E-state index contributed by atoms with van der Waals surface area (Å²) in [4.78, 5) is 14.6. The third kappa shape index (κ3) is 4.46. The monoisotopic (exact) mass is 366 g/mol. The van der Waals surface area contributed by atoms with E-state index < -0.39 is 17.6 Å². The van der Waals surface area contributed by atoms with E-state index in [0.717, 1.165) is 43.8 Å². The number of alkyl halides is 3. The zero-order chi connectivity index (χ0) is 18.6. The Morgan fingerprint density at radius 2 is 1.92 bits per heavy atom. The standard InChI is InChI=1S/C19H21F3N2O2/c20-19(21,22)15-7-4-6-14(12-15)18(25)23-13-16(17-8-5-11-26-17)24-9-2-1-3-10-24/h4-8,11-12,16H,1-3,9-10,13H2,(H,23,25)/t16-/m0/s1. The molecule has 1 amide bonds. The summed E-state index contributed by atoms with van der Waals surface area (Å²) in [5.74, 6) is 0.223. The van der Waals surface area contributed by atoms with Crippen LogP contribution in [0.1, 0.15) is 47.0 Å². The zero-order valence-corrected chi connectivity index (χ0v) is 14.3. The number of benzene rings is 1. The highest BCUT2D eigenvalue weighted by Crippen LogP contribution is 2.29. The molecule has 1 aromatic carbocycles. The van der Waals surface area contributed by atoms with Gasteiger partial charge in [0.2, 0.25) is 0 Å². The van der Waals surface area contributed by atoms with Crippen LogP contribution in [-0.2, 0) is 6.18 Å². The van der Waals surface area contributed by atoms with Crippen molar-refractivity contribution in [2.24, 2.45) is 0 Å². The number of likely N-dealkylation sites (tertiary alicyclic amines) is 1. The second-order valence-corrected chi connectivity index (χ2v) is 6.42. The summed E-state index contributed by atoms with van der Waals surface area (Å²) in [6, 6.07) is 7.98. The molecule has 7 heteroatoms. The van der Waals surface area contributed by atoms with Gasteiger partial charge in [0.15, 0.2) is 0 Å². The number of hydrogen-bond donors (Lipinski definition) is 1. The molecule has 1 atom stereocenters. The lowest BCUT2D eigenvalue weighted by atomic mass is 10.1. The maximum absolute atomic E-state index is 12.8. The van der Waals surface area contributed by atoms with Crippen LogP contribution in [0.2, 0.25) is 0 Å². The molecule has 2 aromatic rings. The Bertz CT molecular complexity index is 723. The molecule has 0 radical (unpaired) electrons. The van der Waals surface area contributed by atoms with E-state index in [1.807, 2.05) is 6.07 Å². The second-order valence-electron chi connectivity index (χ2n) is 6.42. The van der Waals surface area contributed by atoms with E-state index >= 15 is 0 Å². The van der Waals surface area contributed by atoms with Gasteiger partial charge >= 0.3 is 6.18 Å². The first kappa shape index (κ1) is 18.5. The lowest BCUT2D eigenvalue weighted by molar-refractivity contribution is -0.137. The van der Waals surface area contributed by atoms with E-state index in [1.165, 1.54) is 18.6 Å². The van der Waals surface area contributed by atoms with Crippen LogP contribution in [0.25, 0.3) is 0 Å². The average Bonchev–Trinajstić information content (AvgIpc) is 3.16. The van der Waals surface area contributed by atoms with Crippen molar-refractivity contribution in [3.05, 3.63) is 59.5 Å². The first-order valence-electron chi connectivity index (χ1n) is 8.68. The maximum atomic E-state index is 12.8. The van der Waals surface area contributed by atoms with Crippen LogP contribution < -0.4 is 5.32 Å². The SMILES string of the molecule is O=C(NC[C@@H](c1ccco1)N1CCCCC1)c1cccc(C(F)(F)F)c1. The normalized spacial score (nSPS) is 17.0. The van der Waals surface area contributed by atoms with Crippen LogP contribution in [0.15, 0.2) is 47.1 Å². The van der Waals surface area contributed by atoms with Gasteiger partial charge in [0, 0.05) is 12.1 Å². The third-order valence-corrected chi connectivity index (χ3v) is 4.61. The fraction of sp³-hybridized carbons (Fsp3) is 0.421. The number of rotatable bonds is 5. The van der Waals surface area contributed by atoms with Gasteiger partial charge in [-0.3, -0.25) is 9.69 Å². The Morgan fingerprint density at radius 1 is 1.15 bits per heavy atom. The first-order valence-corrected chi connectivity index (χ1v) is 8.68. The number of furan rings is 1. The Kier molecular flexibility index (Phi) is 5.66. The molecule has 3 rings (SSSR count). The van der Waals surface area contributed by atoms with Crippen molar-refractivity contribution >= 4 is 5.91 Å².